The number of para-hydroxylation sites is 1. The standard InChI is InChI=1S/C14H17NO2S/c16-14(15-10-5-7-18-8-6-10)12-9-17-13-4-2-1-3-11(12)13/h1-4,10,12H,5-9H2,(H,15,16). The first-order chi connectivity index (χ1) is 8.84. The van der Waals surface area contributed by atoms with Crippen molar-refractivity contribution in [3.8, 4) is 5.75 Å². The molecule has 18 heavy (non-hydrogen) atoms. The van der Waals surface area contributed by atoms with Crippen molar-refractivity contribution in [2.24, 2.45) is 0 Å². The largest absolute Gasteiger partial charge is 0.492 e. The molecule has 1 aromatic carbocycles. The molecule has 0 spiro atoms. The minimum atomic E-state index is -0.129. The highest BCUT2D eigenvalue weighted by atomic mass is 32.2. The van der Waals surface area contributed by atoms with Gasteiger partial charge in [-0.25, -0.2) is 0 Å². The molecule has 3 rings (SSSR count). The third-order valence-corrected chi connectivity index (χ3v) is 4.63. The summed E-state index contributed by atoms with van der Waals surface area (Å²) in [6.45, 7) is 0.479. The van der Waals surface area contributed by atoms with E-state index < -0.39 is 0 Å². The second-order valence-electron chi connectivity index (χ2n) is 4.80. The Labute approximate surface area is 111 Å². The first-order valence-electron chi connectivity index (χ1n) is 6.44. The highest BCUT2D eigenvalue weighted by Crippen LogP contribution is 2.33. The molecule has 1 unspecified atom stereocenters. The number of hydrogen-bond donors (Lipinski definition) is 1. The fourth-order valence-electron chi connectivity index (χ4n) is 2.52. The molecule has 1 aromatic rings. The fraction of sp³-hybridized carbons (Fsp3) is 0.500. The maximum Gasteiger partial charge on any atom is 0.231 e. The Bertz CT molecular complexity index is 443. The molecule has 4 heteroatoms. The average molecular weight is 263 g/mol. The van der Waals surface area contributed by atoms with Gasteiger partial charge in [-0.3, -0.25) is 4.79 Å². The molecule has 0 radical (unpaired) electrons. The first-order valence-corrected chi connectivity index (χ1v) is 7.60. The molecular formula is C14H17NO2S. The van der Waals surface area contributed by atoms with Crippen LogP contribution in [0.3, 0.4) is 0 Å². The lowest BCUT2D eigenvalue weighted by molar-refractivity contribution is -0.123. The summed E-state index contributed by atoms with van der Waals surface area (Å²) in [5.41, 5.74) is 1.03. The molecule has 1 saturated heterocycles. The second-order valence-corrected chi connectivity index (χ2v) is 6.02. The van der Waals surface area contributed by atoms with Crippen molar-refractivity contribution in [3.05, 3.63) is 29.8 Å². The fourth-order valence-corrected chi connectivity index (χ4v) is 3.63. The van der Waals surface area contributed by atoms with E-state index in [0.717, 1.165) is 35.7 Å². The van der Waals surface area contributed by atoms with Crippen molar-refractivity contribution in [1.29, 1.82) is 0 Å². The minimum Gasteiger partial charge on any atom is -0.492 e. The number of ether oxygens (including phenoxy) is 1. The Morgan fingerprint density at radius 2 is 2.06 bits per heavy atom. The van der Waals surface area contributed by atoms with Crippen LogP contribution in [0.15, 0.2) is 24.3 Å². The molecule has 0 bridgehead atoms. The Hall–Kier alpha value is -1.16. The molecule has 1 N–H and O–H groups in total. The molecule has 2 aliphatic rings. The van der Waals surface area contributed by atoms with Gasteiger partial charge in [0.05, 0.1) is 0 Å². The summed E-state index contributed by atoms with van der Waals surface area (Å²) in [5, 5.41) is 3.17. The van der Waals surface area contributed by atoms with Crippen LogP contribution < -0.4 is 10.1 Å². The van der Waals surface area contributed by atoms with E-state index in [9.17, 15) is 4.79 Å². The zero-order valence-electron chi connectivity index (χ0n) is 10.2. The predicted octanol–water partition coefficient (Wildman–Crippen LogP) is 2.17. The number of fused-ring (bicyclic) bond motifs is 1. The lowest BCUT2D eigenvalue weighted by Gasteiger charge is -2.23. The van der Waals surface area contributed by atoms with Crippen molar-refractivity contribution in [3.63, 3.8) is 0 Å². The predicted molar refractivity (Wildman–Crippen MR) is 73.2 cm³/mol. The molecule has 1 atom stereocenters. The van der Waals surface area contributed by atoms with E-state index in [0.29, 0.717) is 12.6 Å². The molecule has 0 saturated carbocycles. The van der Waals surface area contributed by atoms with Gasteiger partial charge in [0.15, 0.2) is 0 Å². The molecule has 0 aromatic heterocycles. The summed E-state index contributed by atoms with van der Waals surface area (Å²) in [6.07, 6.45) is 2.18. The van der Waals surface area contributed by atoms with E-state index in [-0.39, 0.29) is 11.8 Å². The van der Waals surface area contributed by atoms with Gasteiger partial charge in [0.1, 0.15) is 18.3 Å². The normalized spacial score (nSPS) is 23.2. The summed E-state index contributed by atoms with van der Waals surface area (Å²) in [7, 11) is 0. The molecular weight excluding hydrogens is 246 g/mol. The molecule has 2 aliphatic heterocycles. The Morgan fingerprint density at radius 1 is 1.28 bits per heavy atom. The van der Waals surface area contributed by atoms with Gasteiger partial charge in [-0.05, 0) is 30.4 Å². The Balaban J connectivity index is 1.67. The Kier molecular flexibility index (Phi) is 3.46. The first kappa shape index (κ1) is 11.9. The summed E-state index contributed by atoms with van der Waals surface area (Å²) in [4.78, 5) is 12.3. The van der Waals surface area contributed by atoms with Gasteiger partial charge in [-0.1, -0.05) is 18.2 Å². The average Bonchev–Trinajstić information content (AvgIpc) is 2.84. The maximum absolute atomic E-state index is 12.3. The maximum atomic E-state index is 12.3. The van der Waals surface area contributed by atoms with Gasteiger partial charge in [0, 0.05) is 11.6 Å². The number of rotatable bonds is 2. The topological polar surface area (TPSA) is 38.3 Å². The number of nitrogens with one attached hydrogen (secondary N) is 1. The minimum absolute atomic E-state index is 0.122. The van der Waals surface area contributed by atoms with Crippen molar-refractivity contribution >= 4 is 17.7 Å². The van der Waals surface area contributed by atoms with Crippen molar-refractivity contribution in [2.75, 3.05) is 18.1 Å². The highest BCUT2D eigenvalue weighted by molar-refractivity contribution is 7.99. The molecule has 1 amide bonds. The monoisotopic (exact) mass is 263 g/mol. The third kappa shape index (κ3) is 2.34. The van der Waals surface area contributed by atoms with E-state index in [1.165, 1.54) is 0 Å². The van der Waals surface area contributed by atoms with Crippen LogP contribution in [-0.4, -0.2) is 30.1 Å². The SMILES string of the molecule is O=C(NC1CCSCC1)C1COc2ccccc21. The van der Waals surface area contributed by atoms with Crippen LogP contribution in [0.1, 0.15) is 24.3 Å². The third-order valence-electron chi connectivity index (χ3n) is 3.58. The van der Waals surface area contributed by atoms with Crippen LogP contribution in [0.5, 0.6) is 5.75 Å². The van der Waals surface area contributed by atoms with Crippen LogP contribution in [0.2, 0.25) is 0 Å². The number of carbonyl (C=O) groups is 1. The van der Waals surface area contributed by atoms with Crippen molar-refractivity contribution in [1.82, 2.24) is 5.32 Å². The molecule has 1 fully saturated rings. The summed E-state index contributed by atoms with van der Waals surface area (Å²) in [5.74, 6) is 3.16. The zero-order valence-corrected chi connectivity index (χ0v) is 11.0. The van der Waals surface area contributed by atoms with E-state index in [1.807, 2.05) is 36.0 Å². The lowest BCUT2D eigenvalue weighted by atomic mass is 9.99. The van der Waals surface area contributed by atoms with Gasteiger partial charge in [0.2, 0.25) is 5.91 Å². The van der Waals surface area contributed by atoms with Crippen LogP contribution in [0.4, 0.5) is 0 Å². The molecule has 3 nitrogen and oxygen atoms in total. The van der Waals surface area contributed by atoms with Gasteiger partial charge in [0.25, 0.3) is 0 Å². The van der Waals surface area contributed by atoms with Crippen LogP contribution >= 0.6 is 11.8 Å². The van der Waals surface area contributed by atoms with E-state index >= 15 is 0 Å². The van der Waals surface area contributed by atoms with E-state index in [4.69, 9.17) is 4.74 Å². The van der Waals surface area contributed by atoms with Crippen molar-refractivity contribution in [2.45, 2.75) is 24.8 Å². The molecule has 96 valence electrons. The molecule has 0 aliphatic carbocycles. The zero-order chi connectivity index (χ0) is 12.4. The molecule has 2 heterocycles. The van der Waals surface area contributed by atoms with E-state index in [2.05, 4.69) is 5.32 Å². The van der Waals surface area contributed by atoms with Crippen LogP contribution in [0, 0.1) is 0 Å². The van der Waals surface area contributed by atoms with Gasteiger partial charge >= 0.3 is 0 Å². The van der Waals surface area contributed by atoms with Gasteiger partial charge < -0.3 is 10.1 Å². The smallest absolute Gasteiger partial charge is 0.231 e. The van der Waals surface area contributed by atoms with Crippen LogP contribution in [-0.2, 0) is 4.79 Å². The Morgan fingerprint density at radius 3 is 2.89 bits per heavy atom. The second kappa shape index (κ2) is 5.22. The highest BCUT2D eigenvalue weighted by Gasteiger charge is 2.31. The number of carbonyl (C=O) groups excluding carboxylic acids is 1. The van der Waals surface area contributed by atoms with Crippen LogP contribution in [0.25, 0.3) is 0 Å². The summed E-state index contributed by atoms with van der Waals surface area (Å²) >= 11 is 1.97. The quantitative estimate of drug-likeness (QED) is 0.888. The number of amides is 1. The number of hydrogen-bond acceptors (Lipinski definition) is 3. The lowest BCUT2D eigenvalue weighted by Crippen LogP contribution is -2.40. The number of benzene rings is 1. The van der Waals surface area contributed by atoms with Crippen molar-refractivity contribution < 1.29 is 9.53 Å². The van der Waals surface area contributed by atoms with Gasteiger partial charge in [-0.2, -0.15) is 11.8 Å². The van der Waals surface area contributed by atoms with E-state index in [1.54, 1.807) is 0 Å². The summed E-state index contributed by atoms with van der Waals surface area (Å²) < 4.78 is 5.56. The van der Waals surface area contributed by atoms with Gasteiger partial charge in [-0.15, -0.1) is 0 Å². The number of thioether (sulfide) groups is 1. The summed E-state index contributed by atoms with van der Waals surface area (Å²) in [6, 6.07) is 8.18.